The van der Waals surface area contributed by atoms with Crippen LogP contribution in [0.1, 0.15) is 37.8 Å². The normalized spacial score (nSPS) is 21.6. The highest BCUT2D eigenvalue weighted by Crippen LogP contribution is 2.37. The van der Waals surface area contributed by atoms with Gasteiger partial charge >= 0.3 is 5.97 Å². The Morgan fingerprint density at radius 1 is 1.39 bits per heavy atom. The summed E-state index contributed by atoms with van der Waals surface area (Å²) in [6, 6.07) is 4.86. The van der Waals surface area contributed by atoms with Gasteiger partial charge in [-0.1, -0.05) is 19.1 Å². The van der Waals surface area contributed by atoms with Crippen LogP contribution >= 0.6 is 0 Å². The molecule has 98 valence electrons. The van der Waals surface area contributed by atoms with Gasteiger partial charge in [0.25, 0.3) is 0 Å². The van der Waals surface area contributed by atoms with Gasteiger partial charge in [0.1, 0.15) is 0 Å². The zero-order valence-electron chi connectivity index (χ0n) is 10.6. The van der Waals surface area contributed by atoms with Crippen LogP contribution in [0.25, 0.3) is 0 Å². The summed E-state index contributed by atoms with van der Waals surface area (Å²) >= 11 is 0. The van der Waals surface area contributed by atoms with Gasteiger partial charge in [-0.3, -0.25) is 4.79 Å². The summed E-state index contributed by atoms with van der Waals surface area (Å²) in [4.78, 5) is 11.6. The van der Waals surface area contributed by atoms with E-state index in [2.05, 4.69) is 0 Å². The average molecular weight is 268 g/mol. The fraction of sp³-hybridized carbons (Fsp3) is 0.462. The molecule has 0 aromatic heterocycles. The molecule has 5 heteroatoms. The molecule has 1 aliphatic rings. The van der Waals surface area contributed by atoms with E-state index < -0.39 is 21.2 Å². The Balaban J connectivity index is 2.60. The van der Waals surface area contributed by atoms with Crippen molar-refractivity contribution in [2.75, 3.05) is 5.75 Å². The van der Waals surface area contributed by atoms with Gasteiger partial charge in [-0.25, -0.2) is 8.42 Å². The van der Waals surface area contributed by atoms with Crippen LogP contribution in [-0.4, -0.2) is 25.2 Å². The van der Waals surface area contributed by atoms with Crippen molar-refractivity contribution in [3.05, 3.63) is 29.3 Å². The predicted octanol–water partition coefficient (Wildman–Crippen LogP) is 1.94. The third kappa shape index (κ3) is 1.82. The molecule has 1 aliphatic heterocycles. The molecule has 1 unspecified atom stereocenters. The van der Waals surface area contributed by atoms with Crippen LogP contribution in [0.4, 0.5) is 0 Å². The van der Waals surface area contributed by atoms with Crippen LogP contribution in [-0.2, 0) is 20.0 Å². The van der Waals surface area contributed by atoms with E-state index in [1.165, 1.54) is 6.07 Å². The van der Waals surface area contributed by atoms with Gasteiger partial charge in [-0.05, 0) is 37.0 Å². The van der Waals surface area contributed by atoms with Crippen molar-refractivity contribution in [3.63, 3.8) is 0 Å². The number of carboxylic acid groups (broad SMARTS) is 1. The zero-order valence-corrected chi connectivity index (χ0v) is 11.4. The molecule has 0 fully saturated rings. The van der Waals surface area contributed by atoms with Crippen molar-refractivity contribution in [2.24, 2.45) is 0 Å². The van der Waals surface area contributed by atoms with Gasteiger partial charge in [-0.15, -0.1) is 0 Å². The number of carbonyl (C=O) groups is 1. The Hall–Kier alpha value is -1.36. The van der Waals surface area contributed by atoms with Crippen LogP contribution < -0.4 is 0 Å². The number of benzene rings is 1. The van der Waals surface area contributed by atoms with Gasteiger partial charge in [0, 0.05) is 0 Å². The Morgan fingerprint density at radius 2 is 2.00 bits per heavy atom. The fourth-order valence-electron chi connectivity index (χ4n) is 2.24. The topological polar surface area (TPSA) is 71.4 Å². The molecule has 0 aliphatic carbocycles. The summed E-state index contributed by atoms with van der Waals surface area (Å²) in [7, 11) is -3.18. The van der Waals surface area contributed by atoms with Crippen LogP contribution in [0.3, 0.4) is 0 Å². The Labute approximate surface area is 107 Å². The molecule has 1 N–H and O–H groups in total. The number of hydrogen-bond donors (Lipinski definition) is 1. The molecule has 0 saturated carbocycles. The molecule has 0 radical (unpaired) electrons. The Morgan fingerprint density at radius 3 is 2.56 bits per heavy atom. The van der Waals surface area contributed by atoms with Gasteiger partial charge in [0.05, 0.1) is 16.1 Å². The maximum Gasteiger partial charge on any atom is 0.313 e. The molecule has 1 aromatic rings. The quantitative estimate of drug-likeness (QED) is 0.889. The summed E-state index contributed by atoms with van der Waals surface area (Å²) in [5.41, 5.74) is 0.362. The van der Waals surface area contributed by atoms with E-state index in [4.69, 9.17) is 0 Å². The zero-order chi connectivity index (χ0) is 13.7. The first-order valence-corrected chi connectivity index (χ1v) is 7.42. The summed E-state index contributed by atoms with van der Waals surface area (Å²) in [6.45, 7) is 5.08. The Kier molecular flexibility index (Phi) is 2.77. The molecule has 1 atom stereocenters. The minimum absolute atomic E-state index is 0.0745. The van der Waals surface area contributed by atoms with E-state index in [0.29, 0.717) is 10.5 Å². The minimum Gasteiger partial charge on any atom is -0.481 e. The van der Waals surface area contributed by atoms with E-state index in [0.717, 1.165) is 5.56 Å². The third-order valence-corrected chi connectivity index (χ3v) is 5.58. The van der Waals surface area contributed by atoms with Crippen molar-refractivity contribution in [2.45, 2.75) is 37.0 Å². The molecule has 0 saturated heterocycles. The van der Waals surface area contributed by atoms with Gasteiger partial charge in [-0.2, -0.15) is 0 Å². The molecule has 18 heavy (non-hydrogen) atoms. The van der Waals surface area contributed by atoms with Crippen LogP contribution in [0.15, 0.2) is 23.1 Å². The monoisotopic (exact) mass is 268 g/mol. The van der Waals surface area contributed by atoms with Crippen LogP contribution in [0.2, 0.25) is 0 Å². The summed E-state index contributed by atoms with van der Waals surface area (Å²) < 4.78 is 23.7. The lowest BCUT2D eigenvalue weighted by Crippen LogP contribution is -2.28. The van der Waals surface area contributed by atoms with E-state index in [1.54, 1.807) is 26.0 Å². The lowest BCUT2D eigenvalue weighted by atomic mass is 9.83. The summed E-state index contributed by atoms with van der Waals surface area (Å²) in [6.07, 6.45) is 0. The molecule has 4 nitrogen and oxygen atoms in total. The van der Waals surface area contributed by atoms with E-state index in [9.17, 15) is 18.3 Å². The largest absolute Gasteiger partial charge is 0.481 e. The molecule has 2 rings (SSSR count). The Bertz CT molecular complexity index is 614. The molecule has 1 aromatic carbocycles. The SMILES string of the molecule is CC1CS(=O)(=O)c2ccc(C(C)(C)C(=O)O)cc21. The van der Waals surface area contributed by atoms with E-state index in [-0.39, 0.29) is 11.7 Å². The van der Waals surface area contributed by atoms with Gasteiger partial charge in [0.15, 0.2) is 9.84 Å². The number of fused-ring (bicyclic) bond motifs is 1. The van der Waals surface area contributed by atoms with Crippen molar-refractivity contribution in [1.29, 1.82) is 0 Å². The van der Waals surface area contributed by atoms with E-state index in [1.807, 2.05) is 6.92 Å². The van der Waals surface area contributed by atoms with Gasteiger partial charge < -0.3 is 5.11 Å². The lowest BCUT2D eigenvalue weighted by molar-refractivity contribution is -0.142. The number of sulfone groups is 1. The van der Waals surface area contributed by atoms with E-state index >= 15 is 0 Å². The number of carboxylic acids is 1. The summed E-state index contributed by atoms with van der Waals surface area (Å²) in [5.74, 6) is -0.885. The molecule has 0 amide bonds. The average Bonchev–Trinajstić information content (AvgIpc) is 2.49. The van der Waals surface area contributed by atoms with Crippen molar-refractivity contribution in [1.82, 2.24) is 0 Å². The first-order valence-electron chi connectivity index (χ1n) is 5.77. The molecular weight excluding hydrogens is 252 g/mol. The van der Waals surface area contributed by atoms with Crippen molar-refractivity contribution >= 4 is 15.8 Å². The maximum atomic E-state index is 11.8. The van der Waals surface area contributed by atoms with Crippen molar-refractivity contribution < 1.29 is 18.3 Å². The first kappa shape index (κ1) is 13.1. The molecule has 0 spiro atoms. The van der Waals surface area contributed by atoms with Crippen molar-refractivity contribution in [3.8, 4) is 0 Å². The predicted molar refractivity (Wildman–Crippen MR) is 67.6 cm³/mol. The fourth-order valence-corrected chi connectivity index (χ4v) is 4.15. The number of rotatable bonds is 2. The first-order chi connectivity index (χ1) is 8.16. The van der Waals surface area contributed by atoms with Gasteiger partial charge in [0.2, 0.25) is 0 Å². The number of hydrogen-bond acceptors (Lipinski definition) is 3. The molecular formula is C13H16O4S. The minimum atomic E-state index is -3.18. The smallest absolute Gasteiger partial charge is 0.313 e. The van der Waals surface area contributed by atoms with Crippen LogP contribution in [0, 0.1) is 0 Å². The highest BCUT2D eigenvalue weighted by molar-refractivity contribution is 7.91. The second-order valence-corrected chi connectivity index (χ2v) is 7.37. The van der Waals surface area contributed by atoms with Crippen LogP contribution in [0.5, 0.6) is 0 Å². The molecule has 0 bridgehead atoms. The summed E-state index contributed by atoms with van der Waals surface area (Å²) in [5, 5.41) is 9.19. The maximum absolute atomic E-state index is 11.8. The number of aliphatic carboxylic acids is 1. The lowest BCUT2D eigenvalue weighted by Gasteiger charge is -2.20. The highest BCUT2D eigenvalue weighted by Gasteiger charge is 2.35. The third-order valence-electron chi connectivity index (χ3n) is 3.60. The standard InChI is InChI=1S/C13H16O4S/c1-8-7-18(16,17)11-5-4-9(6-10(8)11)13(2,3)12(14)15/h4-6,8H,7H2,1-3H3,(H,14,15). The molecule has 1 heterocycles. The second kappa shape index (κ2) is 3.82. The highest BCUT2D eigenvalue weighted by atomic mass is 32.2. The second-order valence-electron chi connectivity index (χ2n) is 5.37.